The summed E-state index contributed by atoms with van der Waals surface area (Å²) in [6, 6.07) is 13.7. The van der Waals surface area contributed by atoms with Crippen molar-refractivity contribution in [3.8, 4) is 10.4 Å². The molecule has 1 aliphatic heterocycles. The van der Waals surface area contributed by atoms with Crippen molar-refractivity contribution in [2.45, 2.75) is 6.42 Å². The Morgan fingerprint density at radius 1 is 1.11 bits per heavy atom. The monoisotopic (exact) mass is 255 g/mol. The molecular weight excluding hydrogens is 242 g/mol. The highest BCUT2D eigenvalue weighted by molar-refractivity contribution is 7.21. The van der Waals surface area contributed by atoms with Crippen LogP contribution in [0.1, 0.15) is 5.56 Å². The van der Waals surface area contributed by atoms with Crippen molar-refractivity contribution < 1.29 is 0 Å². The molecule has 0 saturated heterocycles. The van der Waals surface area contributed by atoms with E-state index < -0.39 is 0 Å². The summed E-state index contributed by atoms with van der Waals surface area (Å²) in [4.78, 5) is 13.0. The van der Waals surface area contributed by atoms with E-state index in [-0.39, 0.29) is 5.43 Å². The van der Waals surface area contributed by atoms with Crippen LogP contribution in [0.2, 0.25) is 0 Å². The van der Waals surface area contributed by atoms with Gasteiger partial charge in [0.15, 0.2) is 5.43 Å². The van der Waals surface area contributed by atoms with E-state index in [1.807, 2.05) is 30.3 Å². The molecule has 1 heterocycles. The van der Waals surface area contributed by atoms with Crippen molar-refractivity contribution in [3.63, 3.8) is 0 Å². The van der Waals surface area contributed by atoms with Crippen molar-refractivity contribution in [1.82, 2.24) is 0 Å². The molecule has 0 aromatic heterocycles. The van der Waals surface area contributed by atoms with E-state index in [9.17, 15) is 4.79 Å². The van der Waals surface area contributed by atoms with Crippen molar-refractivity contribution in [2.75, 3.05) is 6.54 Å². The molecule has 0 saturated carbocycles. The summed E-state index contributed by atoms with van der Waals surface area (Å²) in [5.74, 6) is 0. The SMILES string of the molecule is NCCc1ccc(=O)c2cc3ccccc3sc1-2. The molecule has 2 nitrogen and oxygen atoms in total. The van der Waals surface area contributed by atoms with Gasteiger partial charge in [-0.2, -0.15) is 0 Å². The lowest BCUT2D eigenvalue weighted by atomic mass is 10.0. The van der Waals surface area contributed by atoms with Crippen LogP contribution in [0.25, 0.3) is 20.5 Å². The predicted molar refractivity (Wildman–Crippen MR) is 77.5 cm³/mol. The zero-order valence-corrected chi connectivity index (χ0v) is 10.7. The molecule has 0 atom stereocenters. The number of rotatable bonds is 2. The zero-order chi connectivity index (χ0) is 12.5. The topological polar surface area (TPSA) is 43.1 Å². The third-order valence-electron chi connectivity index (χ3n) is 3.08. The van der Waals surface area contributed by atoms with E-state index in [1.165, 1.54) is 10.3 Å². The van der Waals surface area contributed by atoms with Gasteiger partial charge in [0.2, 0.25) is 0 Å². The average Bonchev–Trinajstić information content (AvgIpc) is 2.41. The Morgan fingerprint density at radius 2 is 1.94 bits per heavy atom. The first kappa shape index (κ1) is 11.4. The lowest BCUT2D eigenvalue weighted by molar-refractivity contribution is 0.972. The smallest absolute Gasteiger partial charge is 0.187 e. The second kappa shape index (κ2) is 4.52. The normalized spacial score (nSPS) is 11.2. The quantitative estimate of drug-likeness (QED) is 0.715. The Bertz CT molecular complexity index is 732. The van der Waals surface area contributed by atoms with Crippen molar-refractivity contribution in [1.29, 1.82) is 0 Å². The van der Waals surface area contributed by atoms with Crippen LogP contribution in [0.15, 0.2) is 47.3 Å². The third-order valence-corrected chi connectivity index (χ3v) is 4.36. The highest BCUT2D eigenvalue weighted by Crippen LogP contribution is 2.33. The van der Waals surface area contributed by atoms with Crippen LogP contribution in [-0.2, 0) is 6.42 Å². The number of fused-ring (bicyclic) bond motifs is 2. The van der Waals surface area contributed by atoms with Crippen LogP contribution in [0, 0.1) is 0 Å². The Kier molecular flexibility index (Phi) is 2.86. The van der Waals surface area contributed by atoms with Crippen molar-refractivity contribution >= 4 is 21.4 Å². The molecule has 2 aliphatic rings. The number of benzene rings is 2. The van der Waals surface area contributed by atoms with Gasteiger partial charge in [-0.15, -0.1) is 11.3 Å². The van der Waals surface area contributed by atoms with E-state index in [0.29, 0.717) is 6.54 Å². The summed E-state index contributed by atoms with van der Waals surface area (Å²) < 4.78 is 1.20. The molecule has 2 N–H and O–H groups in total. The maximum atomic E-state index is 12.0. The minimum atomic E-state index is 0.0905. The fourth-order valence-electron chi connectivity index (χ4n) is 2.19. The summed E-state index contributed by atoms with van der Waals surface area (Å²) in [6.45, 7) is 0.604. The van der Waals surface area contributed by atoms with E-state index in [4.69, 9.17) is 5.73 Å². The summed E-state index contributed by atoms with van der Waals surface area (Å²) in [5, 5.41) is 1.12. The minimum absolute atomic E-state index is 0.0905. The maximum Gasteiger partial charge on any atom is 0.187 e. The van der Waals surface area contributed by atoms with Crippen LogP contribution < -0.4 is 11.2 Å². The standard InChI is InChI=1S/C15H13NOS/c16-8-7-10-5-6-13(17)12-9-11-3-1-2-4-14(11)18-15(10)12/h1-6,9H,7-8,16H2. The first-order valence-electron chi connectivity index (χ1n) is 5.94. The molecule has 0 unspecified atom stereocenters. The van der Waals surface area contributed by atoms with Crippen LogP contribution in [0.4, 0.5) is 0 Å². The van der Waals surface area contributed by atoms with Gasteiger partial charge >= 0.3 is 0 Å². The van der Waals surface area contributed by atoms with E-state index in [2.05, 4.69) is 6.07 Å². The summed E-state index contributed by atoms with van der Waals surface area (Å²) in [6.07, 6.45) is 0.811. The molecule has 3 rings (SSSR count). The first-order valence-corrected chi connectivity index (χ1v) is 6.76. The molecule has 1 aromatic rings. The molecular formula is C15H13NOS. The second-order valence-electron chi connectivity index (χ2n) is 4.29. The van der Waals surface area contributed by atoms with Crippen molar-refractivity contribution in [3.05, 3.63) is 58.3 Å². The lowest BCUT2D eigenvalue weighted by Crippen LogP contribution is -2.09. The summed E-state index contributed by atoms with van der Waals surface area (Å²) >= 11 is 1.68. The average molecular weight is 255 g/mol. The van der Waals surface area contributed by atoms with Gasteiger partial charge in [-0.25, -0.2) is 0 Å². The highest BCUT2D eigenvalue weighted by Gasteiger charge is 2.12. The Balaban J connectivity index is 2.40. The summed E-state index contributed by atoms with van der Waals surface area (Å²) in [5.41, 5.74) is 7.70. The van der Waals surface area contributed by atoms with E-state index >= 15 is 0 Å². The molecule has 0 spiro atoms. The van der Waals surface area contributed by atoms with Crippen LogP contribution in [-0.4, -0.2) is 6.54 Å². The molecule has 0 bridgehead atoms. The van der Waals surface area contributed by atoms with Gasteiger partial charge < -0.3 is 5.73 Å². The van der Waals surface area contributed by atoms with Gasteiger partial charge in [-0.1, -0.05) is 24.3 Å². The molecule has 0 radical (unpaired) electrons. The lowest BCUT2D eigenvalue weighted by Gasteiger charge is -2.11. The Labute approximate surface area is 109 Å². The van der Waals surface area contributed by atoms with Gasteiger partial charge in [0.05, 0.1) is 0 Å². The zero-order valence-electron chi connectivity index (χ0n) is 9.85. The molecule has 1 aromatic carbocycles. The first-order chi connectivity index (χ1) is 8.79. The fraction of sp³-hybridized carbons (Fsp3) is 0.133. The van der Waals surface area contributed by atoms with Crippen LogP contribution in [0.3, 0.4) is 0 Å². The molecule has 3 heteroatoms. The second-order valence-corrected chi connectivity index (χ2v) is 5.34. The third kappa shape index (κ3) is 1.82. The van der Waals surface area contributed by atoms with Gasteiger partial charge in [-0.05, 0) is 42.1 Å². The number of hydrogen-bond donors (Lipinski definition) is 1. The number of nitrogens with two attached hydrogens (primary N) is 1. The predicted octanol–water partition coefficient (Wildman–Crippen LogP) is 2.87. The van der Waals surface area contributed by atoms with Crippen LogP contribution in [0.5, 0.6) is 0 Å². The molecule has 0 amide bonds. The van der Waals surface area contributed by atoms with Gasteiger partial charge in [-0.3, -0.25) is 4.79 Å². The molecule has 90 valence electrons. The van der Waals surface area contributed by atoms with Crippen molar-refractivity contribution in [2.24, 2.45) is 5.73 Å². The molecule has 1 aliphatic carbocycles. The molecule has 18 heavy (non-hydrogen) atoms. The Morgan fingerprint density at radius 3 is 2.78 bits per heavy atom. The van der Waals surface area contributed by atoms with Gasteiger partial charge in [0, 0.05) is 15.1 Å². The van der Waals surface area contributed by atoms with E-state index in [0.717, 1.165) is 22.2 Å². The van der Waals surface area contributed by atoms with Gasteiger partial charge in [0.25, 0.3) is 0 Å². The fourth-order valence-corrected chi connectivity index (χ4v) is 3.38. The number of hydrogen-bond acceptors (Lipinski definition) is 3. The minimum Gasteiger partial charge on any atom is -0.330 e. The van der Waals surface area contributed by atoms with E-state index in [1.54, 1.807) is 17.4 Å². The van der Waals surface area contributed by atoms with Crippen LogP contribution >= 0.6 is 11.3 Å². The Hall–Kier alpha value is -1.71. The highest BCUT2D eigenvalue weighted by atomic mass is 32.1. The molecule has 0 fully saturated rings. The summed E-state index contributed by atoms with van der Waals surface area (Å²) in [7, 11) is 0. The maximum absolute atomic E-state index is 12.0. The largest absolute Gasteiger partial charge is 0.330 e. The van der Waals surface area contributed by atoms with Gasteiger partial charge in [0.1, 0.15) is 0 Å².